The normalized spacial score (nSPS) is 11.9. The van der Waals surface area contributed by atoms with Crippen molar-refractivity contribution in [1.82, 2.24) is 0 Å². The van der Waals surface area contributed by atoms with Crippen molar-refractivity contribution in [3.05, 3.63) is 84.0 Å². The van der Waals surface area contributed by atoms with E-state index in [-0.39, 0.29) is 5.75 Å². The van der Waals surface area contributed by atoms with Crippen LogP contribution in [0.1, 0.15) is 31.4 Å². The van der Waals surface area contributed by atoms with E-state index >= 15 is 0 Å². The Morgan fingerprint density at radius 1 is 0.893 bits per heavy atom. The zero-order valence-corrected chi connectivity index (χ0v) is 16.2. The Morgan fingerprint density at radius 2 is 1.64 bits per heavy atom. The summed E-state index contributed by atoms with van der Waals surface area (Å²) in [6.07, 6.45) is 9.87. The Balaban J connectivity index is 1.95. The van der Waals surface area contributed by atoms with Crippen LogP contribution in [-0.2, 0) is 6.42 Å². The Kier molecular flexibility index (Phi) is 6.59. The first kappa shape index (κ1) is 19.8. The van der Waals surface area contributed by atoms with Gasteiger partial charge in [0.15, 0.2) is 0 Å². The molecule has 0 aromatic heterocycles. The summed E-state index contributed by atoms with van der Waals surface area (Å²) in [5, 5.41) is 1.56. The van der Waals surface area contributed by atoms with Gasteiger partial charge in [0, 0.05) is 10.9 Å². The van der Waals surface area contributed by atoms with Crippen LogP contribution in [0.25, 0.3) is 28.0 Å². The minimum Gasteiger partial charge on any atom is -0.434 e. The highest BCUT2D eigenvalue weighted by molar-refractivity contribution is 5.94. The highest BCUT2D eigenvalue weighted by Crippen LogP contribution is 2.34. The molecule has 28 heavy (non-hydrogen) atoms. The van der Waals surface area contributed by atoms with Crippen LogP contribution in [0.5, 0.6) is 5.75 Å². The minimum atomic E-state index is -2.86. The fourth-order valence-electron chi connectivity index (χ4n) is 3.31. The van der Waals surface area contributed by atoms with Crippen LogP contribution in [0.3, 0.4) is 0 Å². The van der Waals surface area contributed by atoms with Gasteiger partial charge in [-0.05, 0) is 54.8 Å². The molecule has 3 rings (SSSR count). The molecule has 0 aliphatic heterocycles. The molecule has 3 aromatic carbocycles. The number of hydrogen-bond donors (Lipinski definition) is 0. The quantitative estimate of drug-likeness (QED) is 0.384. The maximum Gasteiger partial charge on any atom is 0.387 e. The summed E-state index contributed by atoms with van der Waals surface area (Å²) in [4.78, 5) is 0. The van der Waals surface area contributed by atoms with Crippen molar-refractivity contribution < 1.29 is 13.5 Å². The van der Waals surface area contributed by atoms with Gasteiger partial charge in [-0.15, -0.1) is 0 Å². The molecule has 0 atom stereocenters. The smallest absolute Gasteiger partial charge is 0.387 e. The van der Waals surface area contributed by atoms with Crippen molar-refractivity contribution in [2.24, 2.45) is 0 Å². The first-order chi connectivity index (χ1) is 13.6. The molecule has 0 radical (unpaired) electrons. The maximum atomic E-state index is 12.9. The van der Waals surface area contributed by atoms with E-state index < -0.39 is 6.61 Å². The third-order valence-electron chi connectivity index (χ3n) is 4.68. The van der Waals surface area contributed by atoms with Gasteiger partial charge >= 0.3 is 6.61 Å². The number of hydrogen-bond acceptors (Lipinski definition) is 1. The van der Waals surface area contributed by atoms with Crippen LogP contribution in [0.15, 0.2) is 72.8 Å². The lowest BCUT2D eigenvalue weighted by Gasteiger charge is -2.13. The predicted molar refractivity (Wildman–Crippen MR) is 114 cm³/mol. The van der Waals surface area contributed by atoms with Crippen molar-refractivity contribution in [2.45, 2.75) is 33.3 Å². The van der Waals surface area contributed by atoms with Gasteiger partial charge in [0.1, 0.15) is 5.75 Å². The molecule has 0 spiro atoms. The van der Waals surface area contributed by atoms with E-state index in [1.807, 2.05) is 50.3 Å². The lowest BCUT2D eigenvalue weighted by molar-refractivity contribution is -0.0489. The second-order valence-corrected chi connectivity index (χ2v) is 6.60. The van der Waals surface area contributed by atoms with E-state index in [1.54, 1.807) is 6.08 Å². The van der Waals surface area contributed by atoms with E-state index in [1.165, 1.54) is 5.56 Å². The molecule has 0 heterocycles. The molecule has 0 unspecified atom stereocenters. The van der Waals surface area contributed by atoms with Gasteiger partial charge in [0.2, 0.25) is 0 Å². The van der Waals surface area contributed by atoms with Gasteiger partial charge < -0.3 is 4.74 Å². The highest BCUT2D eigenvalue weighted by atomic mass is 19.3. The first-order valence-electron chi connectivity index (χ1n) is 9.47. The number of aryl methyl sites for hydroxylation is 1. The van der Waals surface area contributed by atoms with Gasteiger partial charge in [-0.1, -0.05) is 72.8 Å². The summed E-state index contributed by atoms with van der Waals surface area (Å²) in [6.45, 7) is 1.02. The zero-order chi connectivity index (χ0) is 19.9. The number of fused-ring (bicyclic) bond motifs is 1. The molecule has 3 heteroatoms. The predicted octanol–water partition coefficient (Wildman–Crippen LogP) is 7.65. The van der Waals surface area contributed by atoms with Crippen LogP contribution in [-0.4, -0.2) is 6.61 Å². The van der Waals surface area contributed by atoms with Gasteiger partial charge in [-0.3, -0.25) is 0 Å². The summed E-state index contributed by atoms with van der Waals surface area (Å²) in [6, 6.07) is 18.1. The lowest BCUT2D eigenvalue weighted by atomic mass is 9.97. The zero-order valence-electron chi connectivity index (χ0n) is 16.2. The molecule has 144 valence electrons. The minimum absolute atomic E-state index is 0.219. The van der Waals surface area contributed by atoms with E-state index in [4.69, 9.17) is 4.74 Å². The Bertz CT molecular complexity index is 985. The number of rotatable bonds is 7. The van der Waals surface area contributed by atoms with Crippen LogP contribution >= 0.6 is 0 Å². The summed E-state index contributed by atoms with van der Waals surface area (Å²) in [5.74, 6) is 0.219. The van der Waals surface area contributed by atoms with E-state index in [0.29, 0.717) is 10.9 Å². The monoisotopic (exact) mass is 378 g/mol. The molecule has 1 nitrogen and oxygen atoms in total. The number of benzene rings is 3. The summed E-state index contributed by atoms with van der Waals surface area (Å²) in [7, 11) is 0. The van der Waals surface area contributed by atoms with E-state index in [9.17, 15) is 8.78 Å². The van der Waals surface area contributed by atoms with Crippen molar-refractivity contribution in [3.63, 3.8) is 0 Å². The van der Waals surface area contributed by atoms with Crippen LogP contribution in [0, 0.1) is 0 Å². The molecule has 0 amide bonds. The molecule has 0 bridgehead atoms. The topological polar surface area (TPSA) is 9.23 Å². The Morgan fingerprint density at radius 3 is 2.32 bits per heavy atom. The standard InChI is InChI=1S/C25H24F2O/c1-3-5-6-8-18-9-11-19(12-10-18)21-15-16-23-22(17-21)14-13-20(7-4-2)24(23)28-25(26)27/h3-5,7,9-17,25H,6,8H2,1-2H3/b5-3+,7-4+. The first-order valence-corrected chi connectivity index (χ1v) is 9.47. The fourth-order valence-corrected chi connectivity index (χ4v) is 3.31. The van der Waals surface area contributed by atoms with Gasteiger partial charge in [0.05, 0.1) is 0 Å². The third-order valence-corrected chi connectivity index (χ3v) is 4.68. The van der Waals surface area contributed by atoms with Crippen LogP contribution in [0.2, 0.25) is 0 Å². The Hall–Kier alpha value is -2.94. The molecule has 0 N–H and O–H groups in total. The highest BCUT2D eigenvalue weighted by Gasteiger charge is 2.13. The lowest BCUT2D eigenvalue weighted by Crippen LogP contribution is -2.04. The molecule has 0 fully saturated rings. The summed E-state index contributed by atoms with van der Waals surface area (Å²) in [5.41, 5.74) is 4.10. The number of halogens is 2. The average Bonchev–Trinajstić information content (AvgIpc) is 2.70. The Labute approximate surface area is 165 Å². The molecule has 0 aliphatic carbocycles. The summed E-state index contributed by atoms with van der Waals surface area (Å²) >= 11 is 0. The fraction of sp³-hybridized carbons (Fsp3) is 0.200. The SMILES string of the molecule is C/C=C/CCc1ccc(-c2ccc3c(OC(F)F)c(/C=C/C)ccc3c2)cc1. The largest absolute Gasteiger partial charge is 0.434 e. The number of ether oxygens (including phenoxy) is 1. The van der Waals surface area contributed by atoms with Crippen molar-refractivity contribution in [3.8, 4) is 16.9 Å². The maximum absolute atomic E-state index is 12.9. The third kappa shape index (κ3) is 4.66. The molecule has 0 aliphatic rings. The molecular formula is C25H24F2O. The van der Waals surface area contributed by atoms with Gasteiger partial charge in [-0.25, -0.2) is 0 Å². The van der Waals surface area contributed by atoms with Crippen LogP contribution in [0.4, 0.5) is 8.78 Å². The van der Waals surface area contributed by atoms with E-state index in [0.717, 1.165) is 29.4 Å². The molecule has 3 aromatic rings. The van der Waals surface area contributed by atoms with Gasteiger partial charge in [0.25, 0.3) is 0 Å². The van der Waals surface area contributed by atoms with Gasteiger partial charge in [-0.2, -0.15) is 8.78 Å². The van der Waals surface area contributed by atoms with Crippen molar-refractivity contribution >= 4 is 16.8 Å². The average molecular weight is 378 g/mol. The summed E-state index contributed by atoms with van der Waals surface area (Å²) < 4.78 is 30.7. The molecule has 0 saturated heterocycles. The molecular weight excluding hydrogens is 354 g/mol. The second-order valence-electron chi connectivity index (χ2n) is 6.60. The van der Waals surface area contributed by atoms with Crippen molar-refractivity contribution in [2.75, 3.05) is 0 Å². The van der Waals surface area contributed by atoms with E-state index in [2.05, 4.69) is 36.4 Å². The van der Waals surface area contributed by atoms with Crippen molar-refractivity contribution in [1.29, 1.82) is 0 Å². The molecule has 0 saturated carbocycles. The number of alkyl halides is 2. The van der Waals surface area contributed by atoms with Crippen LogP contribution < -0.4 is 4.74 Å². The second kappa shape index (κ2) is 9.32. The number of allylic oxidation sites excluding steroid dienone is 3.